The van der Waals surface area contributed by atoms with Crippen LogP contribution in [0.25, 0.3) is 99.8 Å². The number of nitriles is 1. The molecule has 0 aliphatic carbocycles. The van der Waals surface area contributed by atoms with Gasteiger partial charge in [-0.25, -0.2) is 9.97 Å². The summed E-state index contributed by atoms with van der Waals surface area (Å²) in [6.45, 7) is 3.85. The third kappa shape index (κ3) is 5.71. The molecule has 10 rings (SSSR count). The molecule has 10 aromatic rings. The number of nitrogens with zero attached hydrogens (tertiary/aromatic N) is 5. The topological polar surface area (TPSA) is 141 Å². The molecule has 0 spiro atoms. The molecule has 274 valence electrons. The van der Waals surface area contributed by atoms with Gasteiger partial charge in [0.05, 0.1) is 22.4 Å². The monoisotopic (exact) mass is 749 g/mol. The molecule has 0 atom stereocenters. The number of aromatic amines is 2. The summed E-state index contributed by atoms with van der Waals surface area (Å²) in [6.07, 6.45) is 3.57. The van der Waals surface area contributed by atoms with E-state index in [4.69, 9.17) is 15.0 Å². The van der Waals surface area contributed by atoms with Crippen molar-refractivity contribution in [1.29, 1.82) is 5.26 Å². The van der Waals surface area contributed by atoms with Gasteiger partial charge in [-0.3, -0.25) is 19.6 Å². The molecule has 9 nitrogen and oxygen atoms in total. The lowest BCUT2D eigenvalue weighted by Crippen LogP contribution is -2.13. The summed E-state index contributed by atoms with van der Waals surface area (Å²) in [5.74, 6) is 0. The Labute approximate surface area is 331 Å². The summed E-state index contributed by atoms with van der Waals surface area (Å²) in [4.78, 5) is 50.8. The van der Waals surface area contributed by atoms with Crippen LogP contribution < -0.4 is 11.1 Å². The van der Waals surface area contributed by atoms with Crippen molar-refractivity contribution >= 4 is 43.9 Å². The largest absolute Gasteiger partial charge is 0.307 e. The summed E-state index contributed by atoms with van der Waals surface area (Å²) < 4.78 is 0. The van der Waals surface area contributed by atoms with Crippen LogP contribution in [-0.2, 0) is 0 Å². The number of aromatic nitrogens is 6. The van der Waals surface area contributed by atoms with Crippen molar-refractivity contribution in [2.24, 2.45) is 0 Å². The molecule has 0 unspecified atom stereocenters. The molecule has 0 amide bonds. The van der Waals surface area contributed by atoms with Crippen LogP contribution in [0.3, 0.4) is 0 Å². The normalized spacial score (nSPS) is 11.4. The van der Waals surface area contributed by atoms with Gasteiger partial charge >= 0.3 is 0 Å². The van der Waals surface area contributed by atoms with Crippen LogP contribution in [0.5, 0.6) is 0 Å². The highest BCUT2D eigenvalue weighted by atomic mass is 16.1. The summed E-state index contributed by atoms with van der Waals surface area (Å²) >= 11 is 0. The maximum absolute atomic E-state index is 13.0. The van der Waals surface area contributed by atoms with Crippen LogP contribution in [0.1, 0.15) is 16.7 Å². The predicted octanol–water partition coefficient (Wildman–Crippen LogP) is 10.1. The van der Waals surface area contributed by atoms with Crippen LogP contribution in [-0.4, -0.2) is 29.9 Å². The first-order chi connectivity index (χ1) is 28.3. The molecule has 0 aliphatic rings. The average molecular weight is 750 g/mol. The molecule has 4 aromatic carbocycles. The van der Waals surface area contributed by atoms with Crippen molar-refractivity contribution in [2.45, 2.75) is 13.8 Å². The standard InChI is InChI=1S/C49H31N7O2/c1-27-37-25-39(31-15-17-41-32(21-31)13-7-19-51-41)45(54-48(37)56-49(58)40(27)26-50)34-12-6-11-30(22-34)38-24-35(23-33-14-8-20-52-44(33)38)43-28(2)36-16-18-42(57)53-47(36)55-46(43)29-9-4-3-5-10-29/h3-25H,1-2H3,(H,53,55,57)(H,54,56,58). The van der Waals surface area contributed by atoms with Gasteiger partial charge in [0.2, 0.25) is 5.56 Å². The maximum atomic E-state index is 13.0. The quantitative estimate of drug-likeness (QED) is 0.178. The molecule has 0 aliphatic heterocycles. The lowest BCUT2D eigenvalue weighted by Gasteiger charge is -2.18. The number of rotatable bonds is 5. The number of fused-ring (bicyclic) bond motifs is 4. The first-order valence-electron chi connectivity index (χ1n) is 18.8. The summed E-state index contributed by atoms with van der Waals surface area (Å²) in [7, 11) is 0. The Kier molecular flexibility index (Phi) is 8.06. The number of pyridine rings is 6. The number of hydrogen-bond donors (Lipinski definition) is 2. The molecule has 0 radical (unpaired) electrons. The van der Waals surface area contributed by atoms with Crippen molar-refractivity contribution in [2.75, 3.05) is 0 Å². The highest BCUT2D eigenvalue weighted by Gasteiger charge is 2.21. The molecular weight excluding hydrogens is 719 g/mol. The Bertz CT molecular complexity index is 3490. The van der Waals surface area contributed by atoms with Gasteiger partial charge in [0.25, 0.3) is 5.56 Å². The summed E-state index contributed by atoms with van der Waals surface area (Å²) in [5, 5.41) is 13.3. The zero-order valence-corrected chi connectivity index (χ0v) is 31.3. The second-order valence-electron chi connectivity index (χ2n) is 14.3. The van der Waals surface area contributed by atoms with E-state index in [9.17, 15) is 14.9 Å². The zero-order chi connectivity index (χ0) is 39.5. The number of benzene rings is 4. The van der Waals surface area contributed by atoms with Crippen molar-refractivity contribution < 1.29 is 0 Å². The van der Waals surface area contributed by atoms with E-state index in [0.29, 0.717) is 27.9 Å². The van der Waals surface area contributed by atoms with Crippen LogP contribution in [0.2, 0.25) is 0 Å². The zero-order valence-electron chi connectivity index (χ0n) is 31.3. The Morgan fingerprint density at radius 1 is 0.552 bits per heavy atom. The second kappa shape index (κ2) is 13.6. The van der Waals surface area contributed by atoms with Crippen molar-refractivity contribution in [3.8, 4) is 62.0 Å². The second-order valence-corrected chi connectivity index (χ2v) is 14.3. The van der Waals surface area contributed by atoms with Crippen LogP contribution in [0.15, 0.2) is 149 Å². The third-order valence-corrected chi connectivity index (χ3v) is 10.9. The fraction of sp³-hybridized carbons (Fsp3) is 0.0408. The van der Waals surface area contributed by atoms with E-state index in [1.54, 1.807) is 19.3 Å². The van der Waals surface area contributed by atoms with E-state index in [0.717, 1.165) is 83.0 Å². The minimum Gasteiger partial charge on any atom is -0.307 e. The van der Waals surface area contributed by atoms with Gasteiger partial charge in [0.1, 0.15) is 22.9 Å². The average Bonchev–Trinajstić information content (AvgIpc) is 3.26. The van der Waals surface area contributed by atoms with Crippen LogP contribution in [0, 0.1) is 25.2 Å². The Balaban J connectivity index is 1.22. The fourth-order valence-corrected chi connectivity index (χ4v) is 8.07. The van der Waals surface area contributed by atoms with E-state index >= 15 is 0 Å². The van der Waals surface area contributed by atoms with Crippen LogP contribution >= 0.6 is 0 Å². The first-order valence-corrected chi connectivity index (χ1v) is 18.8. The van der Waals surface area contributed by atoms with Gasteiger partial charge < -0.3 is 9.97 Å². The molecule has 0 fully saturated rings. The van der Waals surface area contributed by atoms with Crippen molar-refractivity contribution in [3.63, 3.8) is 0 Å². The van der Waals surface area contributed by atoms with Gasteiger partial charge in [0, 0.05) is 67.8 Å². The predicted molar refractivity (Wildman–Crippen MR) is 230 cm³/mol. The summed E-state index contributed by atoms with van der Waals surface area (Å²) in [5.41, 5.74) is 12.3. The maximum Gasteiger partial charge on any atom is 0.267 e. The molecule has 58 heavy (non-hydrogen) atoms. The summed E-state index contributed by atoms with van der Waals surface area (Å²) in [6, 6.07) is 44.0. The fourth-order valence-electron chi connectivity index (χ4n) is 8.07. The van der Waals surface area contributed by atoms with Gasteiger partial charge in [-0.2, -0.15) is 5.26 Å². The Morgan fingerprint density at radius 2 is 1.28 bits per heavy atom. The van der Waals surface area contributed by atoms with Crippen molar-refractivity contribution in [3.05, 3.63) is 177 Å². The number of aryl methyl sites for hydroxylation is 2. The number of hydrogen-bond acceptors (Lipinski definition) is 7. The van der Waals surface area contributed by atoms with E-state index in [2.05, 4.69) is 64.3 Å². The SMILES string of the molecule is Cc1c(-c2cc(-c3cccc(-c4nc5[nH]c(=O)c(C#N)c(C)c5cc4-c4ccc5ncccc5c4)c3)c3ncccc3c2)c(-c2ccccc2)nc2[nH]c(=O)ccc12. The van der Waals surface area contributed by atoms with Crippen LogP contribution in [0.4, 0.5) is 0 Å². The number of nitrogens with one attached hydrogen (secondary N) is 2. The van der Waals surface area contributed by atoms with Gasteiger partial charge in [-0.15, -0.1) is 0 Å². The molecular formula is C49H31N7O2. The molecule has 0 saturated carbocycles. The third-order valence-electron chi connectivity index (χ3n) is 10.9. The minimum absolute atomic E-state index is 0.0672. The minimum atomic E-state index is -0.474. The van der Waals surface area contributed by atoms with E-state index in [-0.39, 0.29) is 11.1 Å². The lowest BCUT2D eigenvalue weighted by atomic mass is 9.89. The lowest BCUT2D eigenvalue weighted by molar-refractivity contribution is 1.19. The van der Waals surface area contributed by atoms with E-state index < -0.39 is 5.56 Å². The molecule has 0 saturated heterocycles. The Morgan fingerprint density at radius 3 is 2.12 bits per heavy atom. The highest BCUT2D eigenvalue weighted by molar-refractivity contribution is 6.03. The van der Waals surface area contributed by atoms with Gasteiger partial charge in [-0.05, 0) is 96.3 Å². The van der Waals surface area contributed by atoms with Gasteiger partial charge in [0.15, 0.2) is 0 Å². The van der Waals surface area contributed by atoms with Crippen molar-refractivity contribution in [1.82, 2.24) is 29.9 Å². The smallest absolute Gasteiger partial charge is 0.267 e. The van der Waals surface area contributed by atoms with E-state index in [1.807, 2.05) is 84.9 Å². The molecule has 6 aromatic heterocycles. The molecule has 0 bridgehead atoms. The highest BCUT2D eigenvalue weighted by Crippen LogP contribution is 2.42. The Hall–Kier alpha value is -8.09. The van der Waals surface area contributed by atoms with E-state index in [1.165, 1.54) is 6.07 Å². The molecule has 6 heterocycles. The number of H-pyrrole nitrogens is 2. The molecule has 9 heteroatoms. The first kappa shape index (κ1) is 34.4. The molecule has 2 N–H and O–H groups in total. The van der Waals surface area contributed by atoms with Gasteiger partial charge in [-0.1, -0.05) is 66.7 Å².